The van der Waals surface area contributed by atoms with E-state index in [1.54, 1.807) is 24.3 Å². The van der Waals surface area contributed by atoms with Gasteiger partial charge in [-0.1, -0.05) is 23.7 Å². The van der Waals surface area contributed by atoms with E-state index < -0.39 is 11.7 Å². The summed E-state index contributed by atoms with van der Waals surface area (Å²) in [5.74, 6) is 0.432. The molecule has 0 saturated heterocycles. The number of hydrogen-bond acceptors (Lipinski definition) is 3. The van der Waals surface area contributed by atoms with Crippen LogP contribution < -0.4 is 10.5 Å². The Morgan fingerprint density at radius 3 is 2.29 bits per heavy atom. The lowest BCUT2D eigenvalue weighted by molar-refractivity contribution is -0.137. The molecule has 0 aliphatic rings. The van der Waals surface area contributed by atoms with Crippen molar-refractivity contribution in [2.75, 3.05) is 6.61 Å². The highest BCUT2D eigenvalue weighted by Crippen LogP contribution is 2.37. The topological polar surface area (TPSA) is 68.3 Å². The molecule has 0 saturated carbocycles. The van der Waals surface area contributed by atoms with E-state index in [0.717, 1.165) is 17.7 Å². The molecule has 0 bridgehead atoms. The summed E-state index contributed by atoms with van der Waals surface area (Å²) < 4.78 is 48.7. The van der Waals surface area contributed by atoms with Crippen LogP contribution in [0.2, 0.25) is 5.02 Å². The lowest BCUT2D eigenvalue weighted by Gasteiger charge is -2.12. The highest BCUT2D eigenvalue weighted by molar-refractivity contribution is 6.31. The molecule has 0 aliphatic heterocycles. The van der Waals surface area contributed by atoms with Crippen molar-refractivity contribution in [3.63, 3.8) is 0 Å². The van der Waals surface area contributed by atoms with Crippen molar-refractivity contribution >= 4 is 17.6 Å². The number of alkyl halides is 3. The molecule has 24 heavy (non-hydrogen) atoms. The fraction of sp³-hybridized carbons (Fsp3) is 0.188. The summed E-state index contributed by atoms with van der Waals surface area (Å²) in [6.45, 7) is 0.266. The van der Waals surface area contributed by atoms with Gasteiger partial charge in [0.15, 0.2) is 0 Å². The van der Waals surface area contributed by atoms with Crippen molar-refractivity contribution in [1.29, 1.82) is 5.41 Å². The first kappa shape index (κ1) is 17.9. The Hall–Kier alpha value is -2.41. The van der Waals surface area contributed by atoms with Crippen LogP contribution in [-0.2, 0) is 17.3 Å². The van der Waals surface area contributed by atoms with Crippen molar-refractivity contribution in [3.8, 4) is 11.5 Å². The zero-order valence-corrected chi connectivity index (χ0v) is 13.1. The quantitative estimate of drug-likeness (QED) is 0.606. The Balaban J connectivity index is 2.05. The maximum atomic E-state index is 12.8. The van der Waals surface area contributed by atoms with Crippen LogP contribution in [0.1, 0.15) is 11.1 Å². The van der Waals surface area contributed by atoms with Gasteiger partial charge in [0.05, 0.1) is 17.2 Å². The average Bonchev–Trinajstić information content (AvgIpc) is 2.49. The minimum Gasteiger partial charge on any atom is -0.465 e. The average molecular weight is 359 g/mol. The smallest absolute Gasteiger partial charge is 0.417 e. The number of amidine groups is 1. The van der Waals surface area contributed by atoms with Crippen LogP contribution in [-0.4, -0.2) is 12.6 Å². The predicted molar refractivity (Wildman–Crippen MR) is 84.5 cm³/mol. The van der Waals surface area contributed by atoms with Crippen LogP contribution in [0, 0.1) is 5.41 Å². The molecule has 0 amide bonds. The van der Waals surface area contributed by atoms with Crippen LogP contribution in [0.25, 0.3) is 0 Å². The first-order valence-electron chi connectivity index (χ1n) is 6.86. The van der Waals surface area contributed by atoms with Crippen molar-refractivity contribution in [2.45, 2.75) is 12.6 Å². The normalized spacial score (nSPS) is 11.2. The van der Waals surface area contributed by atoms with Gasteiger partial charge in [-0.15, -0.1) is 0 Å². The largest absolute Gasteiger partial charge is 0.465 e. The summed E-state index contributed by atoms with van der Waals surface area (Å²) in [5, 5.41) is 6.56. The van der Waals surface area contributed by atoms with E-state index in [4.69, 9.17) is 32.2 Å². The molecule has 3 N–H and O–H groups in total. The van der Waals surface area contributed by atoms with E-state index in [1.807, 2.05) is 0 Å². The van der Waals surface area contributed by atoms with Gasteiger partial charge in [-0.05, 0) is 35.9 Å². The van der Waals surface area contributed by atoms with Gasteiger partial charge >= 0.3 is 6.18 Å². The molecular weight excluding hydrogens is 345 g/mol. The maximum absolute atomic E-state index is 12.8. The zero-order valence-electron chi connectivity index (χ0n) is 12.4. The van der Waals surface area contributed by atoms with E-state index in [0.29, 0.717) is 12.2 Å². The monoisotopic (exact) mass is 358 g/mol. The van der Waals surface area contributed by atoms with E-state index in [1.165, 1.54) is 6.07 Å². The van der Waals surface area contributed by atoms with Gasteiger partial charge in [0.2, 0.25) is 0 Å². The van der Waals surface area contributed by atoms with Crippen molar-refractivity contribution in [3.05, 3.63) is 58.6 Å². The standard InChI is InChI=1S/C16H14ClF3N2O2/c17-14-6-5-12(9-13(14)16(18,19)20)24-11-3-1-10(2-4-11)7-8-23-15(21)22/h1-6,9H,7-8H2,(H3,21,22). The summed E-state index contributed by atoms with van der Waals surface area (Å²) in [7, 11) is 0. The number of halogens is 4. The summed E-state index contributed by atoms with van der Waals surface area (Å²) in [4.78, 5) is 0. The third kappa shape index (κ3) is 5.06. The number of rotatable bonds is 5. The van der Waals surface area contributed by atoms with Crippen LogP contribution in [0.4, 0.5) is 13.2 Å². The molecular formula is C16H14ClF3N2O2. The first-order valence-corrected chi connectivity index (χ1v) is 7.24. The van der Waals surface area contributed by atoms with Crippen molar-refractivity contribution in [1.82, 2.24) is 0 Å². The fourth-order valence-corrected chi connectivity index (χ4v) is 2.15. The van der Waals surface area contributed by atoms with Gasteiger partial charge in [0.25, 0.3) is 6.02 Å². The first-order chi connectivity index (χ1) is 11.3. The molecule has 4 nitrogen and oxygen atoms in total. The minimum absolute atomic E-state index is 0.0411. The number of benzene rings is 2. The maximum Gasteiger partial charge on any atom is 0.417 e. The summed E-state index contributed by atoms with van der Waals surface area (Å²) >= 11 is 5.56. The molecule has 2 aromatic carbocycles. The Bertz CT molecular complexity index is 718. The molecule has 0 aliphatic carbocycles. The van der Waals surface area contributed by atoms with Gasteiger partial charge in [-0.25, -0.2) is 0 Å². The molecule has 2 rings (SSSR count). The van der Waals surface area contributed by atoms with Gasteiger partial charge in [-0.2, -0.15) is 13.2 Å². The molecule has 128 valence electrons. The van der Waals surface area contributed by atoms with Gasteiger partial charge in [0.1, 0.15) is 11.5 Å². The number of nitrogens with one attached hydrogen (secondary N) is 1. The van der Waals surface area contributed by atoms with Crippen LogP contribution in [0.3, 0.4) is 0 Å². The molecule has 8 heteroatoms. The molecule has 0 radical (unpaired) electrons. The number of ether oxygens (including phenoxy) is 2. The van der Waals surface area contributed by atoms with E-state index in [2.05, 4.69) is 0 Å². The SMILES string of the molecule is N=C(N)OCCc1ccc(Oc2ccc(Cl)c(C(F)(F)F)c2)cc1. The number of hydrogen-bond donors (Lipinski definition) is 2. The fourth-order valence-electron chi connectivity index (χ4n) is 1.92. The van der Waals surface area contributed by atoms with E-state index >= 15 is 0 Å². The van der Waals surface area contributed by atoms with Gasteiger partial charge in [-0.3, -0.25) is 5.41 Å². The predicted octanol–water partition coefficient (Wildman–Crippen LogP) is 4.60. The molecule has 0 heterocycles. The van der Waals surface area contributed by atoms with Gasteiger partial charge in [0, 0.05) is 6.42 Å². The van der Waals surface area contributed by atoms with E-state index in [-0.39, 0.29) is 23.4 Å². The summed E-state index contributed by atoms with van der Waals surface area (Å²) in [6.07, 6.45) is -4.00. The van der Waals surface area contributed by atoms with Crippen molar-refractivity contribution in [2.24, 2.45) is 5.73 Å². The molecule has 0 atom stereocenters. The van der Waals surface area contributed by atoms with Crippen molar-refractivity contribution < 1.29 is 22.6 Å². The summed E-state index contributed by atoms with van der Waals surface area (Å²) in [5.41, 5.74) is 5.04. The second kappa shape index (κ2) is 7.44. The Kier molecular flexibility index (Phi) is 5.56. The highest BCUT2D eigenvalue weighted by Gasteiger charge is 2.33. The second-order valence-electron chi connectivity index (χ2n) is 4.85. The Morgan fingerprint density at radius 2 is 1.71 bits per heavy atom. The molecule has 0 unspecified atom stereocenters. The zero-order chi connectivity index (χ0) is 17.7. The van der Waals surface area contributed by atoms with Gasteiger partial charge < -0.3 is 15.2 Å². The number of nitrogens with two attached hydrogens (primary N) is 1. The highest BCUT2D eigenvalue weighted by atomic mass is 35.5. The van der Waals surface area contributed by atoms with Crippen LogP contribution in [0.15, 0.2) is 42.5 Å². The van der Waals surface area contributed by atoms with E-state index in [9.17, 15) is 13.2 Å². The third-order valence-corrected chi connectivity index (χ3v) is 3.38. The lowest BCUT2D eigenvalue weighted by Crippen LogP contribution is -2.15. The Labute approximate surface area is 141 Å². The molecule has 2 aromatic rings. The lowest BCUT2D eigenvalue weighted by atomic mass is 10.1. The molecule has 0 fully saturated rings. The third-order valence-electron chi connectivity index (χ3n) is 3.05. The minimum atomic E-state index is -4.54. The second-order valence-corrected chi connectivity index (χ2v) is 5.26. The molecule has 0 aromatic heterocycles. The van der Waals surface area contributed by atoms with Crippen LogP contribution in [0.5, 0.6) is 11.5 Å². The Morgan fingerprint density at radius 1 is 1.08 bits per heavy atom. The van der Waals surface area contributed by atoms with Crippen LogP contribution >= 0.6 is 11.6 Å². The summed E-state index contributed by atoms with van der Waals surface area (Å²) in [6, 6.07) is 9.78. The molecule has 0 spiro atoms.